The number of rotatable bonds is 7. The summed E-state index contributed by atoms with van der Waals surface area (Å²) in [4.78, 5) is 15.0. The summed E-state index contributed by atoms with van der Waals surface area (Å²) in [7, 11) is -3.75. The van der Waals surface area contributed by atoms with Crippen LogP contribution in [0.15, 0.2) is 40.6 Å². The van der Waals surface area contributed by atoms with Crippen LogP contribution in [0.3, 0.4) is 0 Å². The summed E-state index contributed by atoms with van der Waals surface area (Å²) < 4.78 is 53.3. The Morgan fingerprint density at radius 1 is 1.28 bits per heavy atom. The van der Waals surface area contributed by atoms with Crippen LogP contribution in [0, 0.1) is 6.92 Å². The molecule has 3 rings (SSSR count). The molecule has 2 aromatic rings. The number of carbonyl (C=O) groups excluding carboxylic acids is 1. The van der Waals surface area contributed by atoms with Crippen LogP contribution in [0.5, 0.6) is 0 Å². The molecule has 1 atom stereocenters. The normalized spacial score (nSPS) is 17.8. The summed E-state index contributed by atoms with van der Waals surface area (Å²) in [6.45, 7) is 1.77. The van der Waals surface area contributed by atoms with Gasteiger partial charge in [-0.25, -0.2) is 25.9 Å². The van der Waals surface area contributed by atoms with Crippen LogP contribution in [0.1, 0.15) is 22.9 Å². The Balaban J connectivity index is 1.83. The molecular formula is C18H23N3O5S3. The lowest BCUT2D eigenvalue weighted by Gasteiger charge is -2.24. The van der Waals surface area contributed by atoms with E-state index in [9.17, 15) is 21.6 Å². The number of hydrogen-bond acceptors (Lipinski definition) is 7. The van der Waals surface area contributed by atoms with Gasteiger partial charge in [-0.1, -0.05) is 6.07 Å². The van der Waals surface area contributed by atoms with E-state index in [-0.39, 0.29) is 35.3 Å². The number of sulfonamides is 2. The van der Waals surface area contributed by atoms with E-state index in [1.165, 1.54) is 18.2 Å². The zero-order valence-corrected chi connectivity index (χ0v) is 18.8. The highest BCUT2D eigenvalue weighted by atomic mass is 32.2. The van der Waals surface area contributed by atoms with Gasteiger partial charge in [-0.15, -0.1) is 11.3 Å². The lowest BCUT2D eigenvalue weighted by molar-refractivity contribution is -0.116. The first-order valence-corrected chi connectivity index (χ1v) is 12.9. The quantitative estimate of drug-likeness (QED) is 0.679. The lowest BCUT2D eigenvalue weighted by atomic mass is 10.2. The number of carbonyl (C=O) groups is 1. The Hall–Kier alpha value is -1.79. The fourth-order valence-corrected chi connectivity index (χ4v) is 6.85. The number of anilines is 1. The van der Waals surface area contributed by atoms with Crippen molar-refractivity contribution in [1.82, 2.24) is 9.62 Å². The van der Waals surface area contributed by atoms with Gasteiger partial charge in [0, 0.05) is 17.8 Å². The molecule has 0 aliphatic carbocycles. The maximum Gasteiger partial charge on any atom is 0.242 e. The highest BCUT2D eigenvalue weighted by Gasteiger charge is 2.36. The Bertz CT molecular complexity index is 1110. The number of amides is 1. The molecule has 0 radical (unpaired) electrons. The Labute approximate surface area is 175 Å². The average Bonchev–Trinajstić information content (AvgIpc) is 3.22. The third-order valence-corrected chi connectivity index (χ3v) is 8.97. The van der Waals surface area contributed by atoms with Crippen molar-refractivity contribution in [3.63, 3.8) is 0 Å². The van der Waals surface area contributed by atoms with Crippen molar-refractivity contribution in [3.05, 3.63) is 46.2 Å². The zero-order chi connectivity index (χ0) is 21.4. The third kappa shape index (κ3) is 4.53. The first-order chi connectivity index (χ1) is 13.5. The highest BCUT2D eigenvalue weighted by Crippen LogP contribution is 2.29. The number of aryl methyl sites for hydroxylation is 1. The minimum atomic E-state index is -3.82. The summed E-state index contributed by atoms with van der Waals surface area (Å²) in [5.74, 6) is -0.746. The predicted molar refractivity (Wildman–Crippen MR) is 113 cm³/mol. The Morgan fingerprint density at radius 2 is 2.00 bits per heavy atom. The number of nitrogens with one attached hydrogen (secondary N) is 1. The molecule has 1 aromatic heterocycles. The van der Waals surface area contributed by atoms with Crippen LogP contribution in [0.2, 0.25) is 0 Å². The van der Waals surface area contributed by atoms with Gasteiger partial charge in [-0.05, 0) is 56.2 Å². The minimum Gasteiger partial charge on any atom is -0.300 e. The van der Waals surface area contributed by atoms with E-state index in [2.05, 4.69) is 4.72 Å². The molecule has 1 unspecified atom stereocenters. The second kappa shape index (κ2) is 8.15. The van der Waals surface area contributed by atoms with Gasteiger partial charge in [0.1, 0.15) is 0 Å². The van der Waals surface area contributed by atoms with Gasteiger partial charge < -0.3 is 4.90 Å². The zero-order valence-electron chi connectivity index (χ0n) is 16.3. The first kappa shape index (κ1) is 21.9. The van der Waals surface area contributed by atoms with E-state index >= 15 is 0 Å². The molecule has 158 valence electrons. The van der Waals surface area contributed by atoms with Crippen molar-refractivity contribution in [2.75, 3.05) is 30.7 Å². The largest absolute Gasteiger partial charge is 0.300 e. The van der Waals surface area contributed by atoms with Crippen LogP contribution in [0.4, 0.5) is 5.69 Å². The summed E-state index contributed by atoms with van der Waals surface area (Å²) in [5, 5.41) is 1.94. The van der Waals surface area contributed by atoms with Gasteiger partial charge in [0.25, 0.3) is 0 Å². The van der Waals surface area contributed by atoms with Crippen LogP contribution >= 0.6 is 11.3 Å². The number of hydrogen-bond donors (Lipinski definition) is 1. The van der Waals surface area contributed by atoms with Gasteiger partial charge in [0.2, 0.25) is 26.0 Å². The van der Waals surface area contributed by atoms with E-state index in [4.69, 9.17) is 0 Å². The number of likely N-dealkylation sites (N-methyl/N-ethyl adjacent to an activating group) is 1. The van der Waals surface area contributed by atoms with Gasteiger partial charge >= 0.3 is 0 Å². The predicted octanol–water partition coefficient (Wildman–Crippen LogP) is 1.70. The molecule has 1 aliphatic heterocycles. The van der Waals surface area contributed by atoms with E-state index in [0.717, 1.165) is 9.18 Å². The van der Waals surface area contributed by atoms with E-state index < -0.39 is 26.0 Å². The van der Waals surface area contributed by atoms with Gasteiger partial charge in [0.15, 0.2) is 0 Å². The van der Waals surface area contributed by atoms with Gasteiger partial charge in [-0.3, -0.25) is 4.79 Å². The molecule has 8 nitrogen and oxygen atoms in total. The Kier molecular flexibility index (Phi) is 6.16. The molecule has 29 heavy (non-hydrogen) atoms. The summed E-state index contributed by atoms with van der Waals surface area (Å²) in [6.07, 6.45) is -0.0718. The minimum absolute atomic E-state index is 0.0500. The molecule has 1 saturated heterocycles. The monoisotopic (exact) mass is 457 g/mol. The Morgan fingerprint density at radius 3 is 2.52 bits per heavy atom. The van der Waals surface area contributed by atoms with Crippen molar-refractivity contribution in [1.29, 1.82) is 0 Å². The molecule has 1 aromatic carbocycles. The van der Waals surface area contributed by atoms with Crippen LogP contribution in [-0.2, 0) is 24.8 Å². The maximum absolute atomic E-state index is 12.8. The molecular weight excluding hydrogens is 434 g/mol. The highest BCUT2D eigenvalue weighted by molar-refractivity contribution is 7.94. The van der Waals surface area contributed by atoms with Crippen molar-refractivity contribution < 1.29 is 21.6 Å². The SMILES string of the molecule is Cc1cc(N2C(=O)CCS2(=O)=O)ccc1S(=O)(=O)NCC(c1cccs1)N(C)C. The van der Waals surface area contributed by atoms with Crippen LogP contribution < -0.4 is 9.03 Å². The molecule has 2 heterocycles. The molecule has 1 N–H and O–H groups in total. The summed E-state index contributed by atoms with van der Waals surface area (Å²) >= 11 is 1.55. The summed E-state index contributed by atoms with van der Waals surface area (Å²) in [5.41, 5.74) is 0.524. The van der Waals surface area contributed by atoms with Crippen LogP contribution in [-0.4, -0.2) is 54.0 Å². The van der Waals surface area contributed by atoms with E-state index in [1.807, 2.05) is 36.5 Å². The van der Waals surface area contributed by atoms with Crippen LogP contribution in [0.25, 0.3) is 0 Å². The van der Waals surface area contributed by atoms with Crippen molar-refractivity contribution in [3.8, 4) is 0 Å². The third-order valence-electron chi connectivity index (χ3n) is 4.72. The molecule has 1 amide bonds. The van der Waals surface area contributed by atoms with Crippen molar-refractivity contribution in [2.24, 2.45) is 0 Å². The van der Waals surface area contributed by atoms with E-state index in [0.29, 0.717) is 5.56 Å². The number of thiophene rings is 1. The first-order valence-electron chi connectivity index (χ1n) is 8.89. The fourth-order valence-electron chi connectivity index (χ4n) is 3.22. The van der Waals surface area contributed by atoms with Crippen molar-refractivity contribution in [2.45, 2.75) is 24.3 Å². The smallest absolute Gasteiger partial charge is 0.242 e. The molecule has 0 spiro atoms. The molecule has 11 heteroatoms. The standard InChI is InChI=1S/C18H23N3O5S3/c1-13-11-14(21-18(22)8-10-28(21,23)24)6-7-17(13)29(25,26)19-12-15(20(2)3)16-5-4-9-27-16/h4-7,9,11,15,19H,8,10,12H2,1-3H3. The average molecular weight is 458 g/mol. The summed E-state index contributed by atoms with van der Waals surface area (Å²) in [6, 6.07) is 7.86. The van der Waals surface area contributed by atoms with Gasteiger partial charge in [0.05, 0.1) is 22.4 Å². The second-order valence-corrected chi connectivity index (χ2v) is 11.7. The van der Waals surface area contributed by atoms with Crippen molar-refractivity contribution >= 4 is 43.0 Å². The molecule has 0 saturated carbocycles. The van der Waals surface area contributed by atoms with Gasteiger partial charge in [-0.2, -0.15) is 0 Å². The number of nitrogens with zero attached hydrogens (tertiary/aromatic N) is 2. The molecule has 1 aliphatic rings. The fraction of sp³-hybridized carbons (Fsp3) is 0.389. The topological polar surface area (TPSA) is 104 Å². The maximum atomic E-state index is 12.8. The molecule has 1 fully saturated rings. The number of benzene rings is 1. The van der Waals surface area contributed by atoms with E-state index in [1.54, 1.807) is 18.3 Å². The lowest BCUT2D eigenvalue weighted by Crippen LogP contribution is -2.34. The second-order valence-electron chi connectivity index (χ2n) is 7.02. The molecule has 0 bridgehead atoms.